The van der Waals surface area contributed by atoms with E-state index < -0.39 is 3.99 Å². The molecule has 0 bridgehead atoms. The molecule has 0 unspecified atom stereocenters. The molecule has 0 rings (SSSR count). The molecule has 0 saturated carbocycles. The van der Waals surface area contributed by atoms with Crippen molar-refractivity contribution in [1.29, 1.82) is 0 Å². The molecule has 0 N–H and O–H groups in total. The molecule has 0 aliphatic carbocycles. The van der Waals surface area contributed by atoms with Crippen LogP contribution in [0.2, 0.25) is 0 Å². The van der Waals surface area contributed by atoms with Gasteiger partial charge in [-0.05, 0) is 0 Å². The first kappa shape index (κ1) is 14.7. The molecule has 0 spiro atoms. The zero-order valence-corrected chi connectivity index (χ0v) is 12.3. The molecule has 0 saturated heterocycles. The fourth-order valence-corrected chi connectivity index (χ4v) is 1.71. The Morgan fingerprint density at radius 1 is 0.786 bits per heavy atom. The van der Waals surface area contributed by atoms with Crippen LogP contribution in [0, 0.1) is 0 Å². The summed E-state index contributed by atoms with van der Waals surface area (Å²) < 4.78 is 16.0. The summed E-state index contributed by atoms with van der Waals surface area (Å²) >= 11 is 1.13. The summed E-state index contributed by atoms with van der Waals surface area (Å²) in [5.74, 6) is 0. The van der Waals surface area contributed by atoms with Crippen LogP contribution in [0.1, 0.15) is 40.0 Å². The number of ether oxygens (including phenoxy) is 3. The van der Waals surface area contributed by atoms with Gasteiger partial charge in [-0.25, -0.2) is 0 Å². The number of hydrogen-bond acceptors (Lipinski definition) is 3. The van der Waals surface area contributed by atoms with E-state index in [0.29, 0.717) is 19.8 Å². The second kappa shape index (κ2) is 8.94. The molecule has 3 nitrogen and oxygen atoms in total. The van der Waals surface area contributed by atoms with Gasteiger partial charge in [0.2, 0.25) is 0 Å². The van der Waals surface area contributed by atoms with Crippen molar-refractivity contribution in [1.82, 2.24) is 0 Å². The van der Waals surface area contributed by atoms with Gasteiger partial charge >= 0.3 is 101 Å². The van der Waals surface area contributed by atoms with Crippen LogP contribution in [0.15, 0.2) is 0 Å². The van der Waals surface area contributed by atoms with Crippen LogP contribution in [0.5, 0.6) is 0 Å². The topological polar surface area (TPSA) is 27.7 Å². The third kappa shape index (κ3) is 7.03. The molecule has 0 aromatic carbocycles. The van der Waals surface area contributed by atoms with Gasteiger partial charge in [0.1, 0.15) is 0 Å². The summed E-state index contributed by atoms with van der Waals surface area (Å²) in [5.41, 5.74) is 0. The molecule has 0 heterocycles. The van der Waals surface area contributed by atoms with E-state index in [0.717, 1.165) is 41.8 Å². The van der Waals surface area contributed by atoms with Gasteiger partial charge in [0.25, 0.3) is 0 Å². The van der Waals surface area contributed by atoms with E-state index in [2.05, 4.69) is 20.8 Å². The van der Waals surface area contributed by atoms with Crippen molar-refractivity contribution in [2.24, 2.45) is 0 Å². The molecule has 4 heteroatoms. The Kier molecular flexibility index (Phi) is 9.38. The Bertz CT molecular complexity index is 109. The molecular formula is C10H21O3Sn+3. The van der Waals surface area contributed by atoms with Crippen LogP contribution < -0.4 is 0 Å². The predicted molar refractivity (Wildman–Crippen MR) is 57.2 cm³/mol. The molecule has 80 valence electrons. The van der Waals surface area contributed by atoms with Gasteiger partial charge in [0.05, 0.1) is 0 Å². The van der Waals surface area contributed by atoms with E-state index in [9.17, 15) is 0 Å². The first-order valence-corrected chi connectivity index (χ1v) is 6.78. The molecule has 0 aromatic heterocycles. The standard InChI is InChI=1S/C10H21O3.Sn/c1-4-7-11-10(12-8-5-2)13-9-6-3;/h4-9H2,1-3H3;/q;+3. The summed E-state index contributed by atoms with van der Waals surface area (Å²) in [6.07, 6.45) is 2.96. The summed E-state index contributed by atoms with van der Waals surface area (Å²) in [7, 11) is 0. The van der Waals surface area contributed by atoms with Crippen molar-refractivity contribution in [3.63, 3.8) is 0 Å². The van der Waals surface area contributed by atoms with E-state index in [1.807, 2.05) is 0 Å². The normalized spacial score (nSPS) is 12.1. The minimum atomic E-state index is -0.755. The van der Waals surface area contributed by atoms with Gasteiger partial charge in [0.15, 0.2) is 0 Å². The number of hydrogen-bond donors (Lipinski definition) is 0. The Labute approximate surface area is 101 Å². The molecular weight excluding hydrogens is 287 g/mol. The zero-order chi connectivity index (χ0) is 10.9. The Balaban J connectivity index is 3.89. The maximum absolute atomic E-state index is 5.58. The van der Waals surface area contributed by atoms with Crippen LogP contribution in [0.3, 0.4) is 0 Å². The van der Waals surface area contributed by atoms with E-state index in [1.54, 1.807) is 0 Å². The molecule has 0 radical (unpaired) electrons. The first-order chi connectivity index (χ1) is 6.68. The summed E-state index contributed by atoms with van der Waals surface area (Å²) in [6, 6.07) is 0. The van der Waals surface area contributed by atoms with E-state index in [4.69, 9.17) is 14.2 Å². The SMILES string of the molecule is CCCO[C]([Sn+3])(OCCC)OCCC. The molecule has 0 aromatic rings. The van der Waals surface area contributed by atoms with E-state index in [-0.39, 0.29) is 0 Å². The van der Waals surface area contributed by atoms with Gasteiger partial charge in [-0.2, -0.15) is 0 Å². The quantitative estimate of drug-likeness (QED) is 0.482. The average molecular weight is 308 g/mol. The zero-order valence-electron chi connectivity index (χ0n) is 9.47. The van der Waals surface area contributed by atoms with Crippen molar-refractivity contribution in [3.05, 3.63) is 0 Å². The van der Waals surface area contributed by atoms with Crippen molar-refractivity contribution in [2.75, 3.05) is 19.8 Å². The Hall–Kier alpha value is 0.679. The minimum absolute atomic E-state index is 0.693. The maximum atomic E-state index is 5.58. The van der Waals surface area contributed by atoms with Crippen LogP contribution >= 0.6 is 0 Å². The second-order valence-corrected chi connectivity index (χ2v) is 4.85. The van der Waals surface area contributed by atoms with Crippen LogP contribution in [0.4, 0.5) is 0 Å². The van der Waals surface area contributed by atoms with Crippen molar-refractivity contribution in [3.8, 4) is 0 Å². The molecule has 0 fully saturated rings. The summed E-state index contributed by atoms with van der Waals surface area (Å²) in [5, 5.41) is 0. The second-order valence-electron chi connectivity index (χ2n) is 3.10. The monoisotopic (exact) mass is 309 g/mol. The fraction of sp³-hybridized carbons (Fsp3) is 1.00. The van der Waals surface area contributed by atoms with Gasteiger partial charge < -0.3 is 0 Å². The van der Waals surface area contributed by atoms with Gasteiger partial charge in [-0.3, -0.25) is 0 Å². The van der Waals surface area contributed by atoms with Gasteiger partial charge in [-0.1, -0.05) is 0 Å². The van der Waals surface area contributed by atoms with Gasteiger partial charge in [-0.15, -0.1) is 0 Å². The Morgan fingerprint density at radius 3 is 1.29 bits per heavy atom. The Morgan fingerprint density at radius 2 is 1.07 bits per heavy atom. The van der Waals surface area contributed by atoms with E-state index in [1.165, 1.54) is 0 Å². The number of rotatable bonds is 9. The summed E-state index contributed by atoms with van der Waals surface area (Å²) in [4.78, 5) is 0. The third-order valence-corrected chi connectivity index (χ3v) is 2.72. The van der Waals surface area contributed by atoms with Crippen LogP contribution in [0.25, 0.3) is 0 Å². The molecule has 0 atom stereocenters. The average Bonchev–Trinajstić information content (AvgIpc) is 2.21. The van der Waals surface area contributed by atoms with Crippen molar-refractivity contribution < 1.29 is 14.2 Å². The van der Waals surface area contributed by atoms with Crippen LogP contribution in [-0.2, 0) is 14.2 Å². The summed E-state index contributed by atoms with van der Waals surface area (Å²) in [6.45, 7) is 8.32. The molecule has 14 heavy (non-hydrogen) atoms. The van der Waals surface area contributed by atoms with Crippen molar-refractivity contribution >= 4 is 22.5 Å². The third-order valence-electron chi connectivity index (χ3n) is 1.49. The fourth-order valence-electron chi connectivity index (χ4n) is 0.834. The molecule has 0 aliphatic rings. The van der Waals surface area contributed by atoms with E-state index >= 15 is 0 Å². The predicted octanol–water partition coefficient (Wildman–Crippen LogP) is 2.05. The molecule has 0 aliphatic heterocycles. The van der Waals surface area contributed by atoms with Crippen LogP contribution in [-0.4, -0.2) is 46.3 Å². The first-order valence-electron chi connectivity index (χ1n) is 5.35. The van der Waals surface area contributed by atoms with Crippen molar-refractivity contribution in [2.45, 2.75) is 44.0 Å². The van der Waals surface area contributed by atoms with Gasteiger partial charge in [0, 0.05) is 0 Å². The molecule has 0 amide bonds.